The third kappa shape index (κ3) is 4.07. The van der Waals surface area contributed by atoms with Gasteiger partial charge in [-0.2, -0.15) is 0 Å². The highest BCUT2D eigenvalue weighted by molar-refractivity contribution is 6.09. The van der Waals surface area contributed by atoms with Gasteiger partial charge in [-0.1, -0.05) is 60.2 Å². The molecule has 0 saturated carbocycles. The van der Waals surface area contributed by atoms with Crippen LogP contribution in [0.1, 0.15) is 21.6 Å². The molecule has 0 N–H and O–H groups in total. The van der Waals surface area contributed by atoms with Crippen LogP contribution < -0.4 is 4.90 Å². The summed E-state index contributed by atoms with van der Waals surface area (Å²) in [7, 11) is 0. The van der Waals surface area contributed by atoms with Gasteiger partial charge in [0.1, 0.15) is 5.82 Å². The number of piperazine rings is 1. The fourth-order valence-electron chi connectivity index (χ4n) is 4.55. The summed E-state index contributed by atoms with van der Waals surface area (Å²) in [6.45, 7) is 6.30. The van der Waals surface area contributed by atoms with E-state index in [2.05, 4.69) is 37.3 Å². The summed E-state index contributed by atoms with van der Waals surface area (Å²) in [5, 5.41) is 0.861. The number of para-hydroxylation sites is 2. The van der Waals surface area contributed by atoms with E-state index in [4.69, 9.17) is 4.98 Å². The average Bonchev–Trinajstić information content (AvgIpc) is 2.84. The van der Waals surface area contributed by atoms with E-state index in [0.29, 0.717) is 37.4 Å². The first-order valence-electron chi connectivity index (χ1n) is 11.3. The summed E-state index contributed by atoms with van der Waals surface area (Å²) in [5.74, 6) is -0.226. The van der Waals surface area contributed by atoms with Gasteiger partial charge in [-0.15, -0.1) is 0 Å². The maximum absolute atomic E-state index is 14.2. The molecule has 1 aromatic heterocycles. The minimum atomic E-state index is -0.225. The summed E-state index contributed by atoms with van der Waals surface area (Å²) >= 11 is 0. The zero-order chi connectivity index (χ0) is 22.9. The number of fused-ring (bicyclic) bond motifs is 1. The van der Waals surface area contributed by atoms with Crippen molar-refractivity contribution in [1.82, 2.24) is 9.88 Å². The number of aryl methyl sites for hydroxylation is 2. The van der Waals surface area contributed by atoms with E-state index in [0.717, 1.165) is 27.7 Å². The smallest absolute Gasteiger partial charge is 0.254 e. The molecule has 1 aliphatic heterocycles. The normalized spacial score (nSPS) is 14.0. The lowest BCUT2D eigenvalue weighted by Gasteiger charge is -2.36. The SMILES string of the molecule is Cc1ccc(-c2cccc3c(C(=O)N4CCN(c5ccccc5F)CC4)cc(C)nc23)cc1. The highest BCUT2D eigenvalue weighted by Gasteiger charge is 2.25. The Kier molecular flexibility index (Phi) is 5.55. The van der Waals surface area contributed by atoms with E-state index >= 15 is 0 Å². The van der Waals surface area contributed by atoms with Crippen LogP contribution in [0.4, 0.5) is 10.1 Å². The second-order valence-corrected chi connectivity index (χ2v) is 8.61. The lowest BCUT2D eigenvalue weighted by molar-refractivity contribution is 0.0748. The van der Waals surface area contributed by atoms with Gasteiger partial charge in [0.25, 0.3) is 5.91 Å². The Morgan fingerprint density at radius 3 is 2.33 bits per heavy atom. The molecular formula is C28H26FN3O. The van der Waals surface area contributed by atoms with Gasteiger partial charge in [-0.05, 0) is 37.6 Å². The highest BCUT2D eigenvalue weighted by atomic mass is 19.1. The summed E-state index contributed by atoms with van der Waals surface area (Å²) in [6, 6.07) is 23.1. The number of hydrogen-bond donors (Lipinski definition) is 0. The molecule has 1 aliphatic rings. The maximum Gasteiger partial charge on any atom is 0.254 e. The Morgan fingerprint density at radius 2 is 1.61 bits per heavy atom. The Hall–Kier alpha value is -3.73. The topological polar surface area (TPSA) is 36.4 Å². The number of rotatable bonds is 3. The zero-order valence-corrected chi connectivity index (χ0v) is 18.9. The first-order valence-corrected chi connectivity index (χ1v) is 11.3. The summed E-state index contributed by atoms with van der Waals surface area (Å²) in [4.78, 5) is 22.2. The van der Waals surface area contributed by atoms with E-state index in [-0.39, 0.29) is 11.7 Å². The zero-order valence-electron chi connectivity index (χ0n) is 18.9. The lowest BCUT2D eigenvalue weighted by Crippen LogP contribution is -2.49. The summed E-state index contributed by atoms with van der Waals surface area (Å²) in [6.07, 6.45) is 0. The van der Waals surface area contributed by atoms with Crippen LogP contribution >= 0.6 is 0 Å². The number of hydrogen-bond acceptors (Lipinski definition) is 3. The van der Waals surface area contributed by atoms with E-state index in [1.54, 1.807) is 12.1 Å². The second kappa shape index (κ2) is 8.66. The Morgan fingerprint density at radius 1 is 0.879 bits per heavy atom. The van der Waals surface area contributed by atoms with Crippen LogP contribution in [0.5, 0.6) is 0 Å². The number of benzene rings is 3. The van der Waals surface area contributed by atoms with E-state index < -0.39 is 0 Å². The maximum atomic E-state index is 14.2. The van der Waals surface area contributed by atoms with Gasteiger partial charge >= 0.3 is 0 Å². The Balaban J connectivity index is 1.45. The van der Waals surface area contributed by atoms with Crippen molar-refractivity contribution in [1.29, 1.82) is 0 Å². The number of amides is 1. The Labute approximate surface area is 193 Å². The number of pyridine rings is 1. The molecule has 3 aromatic carbocycles. The third-order valence-corrected chi connectivity index (χ3v) is 6.32. The van der Waals surface area contributed by atoms with Gasteiger partial charge in [-0.25, -0.2) is 4.39 Å². The number of carbonyl (C=O) groups excluding carboxylic acids is 1. The van der Waals surface area contributed by atoms with Crippen LogP contribution in [-0.4, -0.2) is 42.0 Å². The molecule has 0 spiro atoms. The first-order chi connectivity index (χ1) is 16.0. The number of aromatic nitrogens is 1. The molecule has 5 rings (SSSR count). The minimum absolute atomic E-state index is 0.000241. The average molecular weight is 440 g/mol. The van der Waals surface area contributed by atoms with Crippen molar-refractivity contribution >= 4 is 22.5 Å². The first kappa shape index (κ1) is 21.1. The molecule has 4 nitrogen and oxygen atoms in total. The molecule has 0 bridgehead atoms. The predicted molar refractivity (Wildman–Crippen MR) is 131 cm³/mol. The van der Waals surface area contributed by atoms with Crippen molar-refractivity contribution in [3.8, 4) is 11.1 Å². The minimum Gasteiger partial charge on any atom is -0.366 e. The lowest BCUT2D eigenvalue weighted by atomic mass is 9.97. The molecule has 33 heavy (non-hydrogen) atoms. The van der Waals surface area contributed by atoms with Crippen LogP contribution in [0.2, 0.25) is 0 Å². The molecule has 0 atom stereocenters. The van der Waals surface area contributed by atoms with Crippen molar-refractivity contribution in [3.05, 3.63) is 95.4 Å². The quantitative estimate of drug-likeness (QED) is 0.416. The molecule has 166 valence electrons. The third-order valence-electron chi connectivity index (χ3n) is 6.32. The molecule has 1 saturated heterocycles. The summed E-state index contributed by atoms with van der Waals surface area (Å²) < 4.78 is 14.2. The fraction of sp³-hybridized carbons (Fsp3) is 0.214. The van der Waals surface area contributed by atoms with Crippen LogP contribution in [0.15, 0.2) is 72.8 Å². The van der Waals surface area contributed by atoms with Gasteiger partial charge in [0, 0.05) is 42.8 Å². The van der Waals surface area contributed by atoms with Gasteiger partial charge in [0.2, 0.25) is 0 Å². The highest BCUT2D eigenvalue weighted by Crippen LogP contribution is 2.31. The standard InChI is InChI=1S/C28H26FN3O/c1-19-10-12-21(13-11-19)22-6-5-7-23-24(18-20(2)30-27(22)23)28(33)32-16-14-31(15-17-32)26-9-4-3-8-25(26)29/h3-13,18H,14-17H2,1-2H3. The molecular weight excluding hydrogens is 413 g/mol. The van der Waals surface area contributed by atoms with Gasteiger partial charge < -0.3 is 9.80 Å². The molecule has 1 amide bonds. The van der Waals surface area contributed by atoms with Crippen LogP contribution in [0.3, 0.4) is 0 Å². The molecule has 4 aromatic rings. The molecule has 1 fully saturated rings. The van der Waals surface area contributed by atoms with Crippen molar-refractivity contribution in [2.24, 2.45) is 0 Å². The number of anilines is 1. The molecule has 2 heterocycles. The van der Waals surface area contributed by atoms with Crippen LogP contribution in [0.25, 0.3) is 22.0 Å². The largest absolute Gasteiger partial charge is 0.366 e. The molecule has 5 heteroatoms. The van der Waals surface area contributed by atoms with Gasteiger partial charge in [0.05, 0.1) is 16.8 Å². The monoisotopic (exact) mass is 439 g/mol. The van der Waals surface area contributed by atoms with Gasteiger partial charge in [0.15, 0.2) is 0 Å². The molecule has 0 radical (unpaired) electrons. The molecule has 0 aliphatic carbocycles. The van der Waals surface area contributed by atoms with Crippen molar-refractivity contribution in [3.63, 3.8) is 0 Å². The predicted octanol–water partition coefficient (Wildman–Crippen LogP) is 5.62. The van der Waals surface area contributed by atoms with Crippen molar-refractivity contribution < 1.29 is 9.18 Å². The fourth-order valence-corrected chi connectivity index (χ4v) is 4.55. The number of carbonyl (C=O) groups is 1. The van der Waals surface area contributed by atoms with E-state index in [1.165, 1.54) is 11.6 Å². The second-order valence-electron chi connectivity index (χ2n) is 8.61. The Bertz CT molecular complexity index is 1330. The van der Waals surface area contributed by atoms with E-state index in [1.807, 2.05) is 41.0 Å². The molecule has 0 unspecified atom stereocenters. The van der Waals surface area contributed by atoms with Gasteiger partial charge in [-0.3, -0.25) is 9.78 Å². The van der Waals surface area contributed by atoms with Crippen molar-refractivity contribution in [2.45, 2.75) is 13.8 Å². The van der Waals surface area contributed by atoms with Crippen molar-refractivity contribution in [2.75, 3.05) is 31.1 Å². The van der Waals surface area contributed by atoms with Crippen LogP contribution in [-0.2, 0) is 0 Å². The van der Waals surface area contributed by atoms with Crippen LogP contribution in [0, 0.1) is 19.7 Å². The number of nitrogens with zero attached hydrogens (tertiary/aromatic N) is 3. The van der Waals surface area contributed by atoms with E-state index in [9.17, 15) is 9.18 Å². The number of halogens is 1. The summed E-state index contributed by atoms with van der Waals surface area (Å²) in [5.41, 5.74) is 6.23.